The van der Waals surface area contributed by atoms with Crippen LogP contribution in [0, 0.1) is 5.41 Å². The van der Waals surface area contributed by atoms with Crippen molar-refractivity contribution in [3.8, 4) is 0 Å². The fraction of sp³-hybridized carbons (Fsp3) is 0.308. The van der Waals surface area contributed by atoms with Crippen LogP contribution in [0.1, 0.15) is 30.7 Å². The summed E-state index contributed by atoms with van der Waals surface area (Å²) in [5.74, 6) is 0.0167. The fourth-order valence-corrected chi connectivity index (χ4v) is 2.79. The highest BCUT2D eigenvalue weighted by molar-refractivity contribution is 7.99. The lowest BCUT2D eigenvalue weighted by atomic mass is 10.0. The summed E-state index contributed by atoms with van der Waals surface area (Å²) in [6, 6.07) is 1.79. The van der Waals surface area contributed by atoms with Crippen molar-refractivity contribution < 1.29 is 0 Å². The third-order valence-electron chi connectivity index (χ3n) is 2.84. The molecule has 0 aliphatic rings. The van der Waals surface area contributed by atoms with Gasteiger partial charge in [-0.05, 0) is 36.2 Å². The number of aryl methyl sites for hydroxylation is 1. The van der Waals surface area contributed by atoms with Gasteiger partial charge in [-0.2, -0.15) is 5.10 Å². The number of amidine groups is 1. The Labute approximate surface area is 121 Å². The number of rotatable bonds is 5. The van der Waals surface area contributed by atoms with Crippen LogP contribution in [0.3, 0.4) is 0 Å². The normalized spacial score (nSPS) is 10.5. The van der Waals surface area contributed by atoms with E-state index in [0.29, 0.717) is 10.6 Å². The Bertz CT molecular complexity index is 614. The highest BCUT2D eigenvalue weighted by atomic mass is 32.2. The van der Waals surface area contributed by atoms with Crippen molar-refractivity contribution in [2.75, 3.05) is 0 Å². The number of nitrogens with two attached hydrogens (primary N) is 1. The number of hydrogen-bond donors (Lipinski definition) is 2. The molecule has 2 aromatic rings. The number of nitrogen functional groups attached to an aromatic ring is 1. The molecule has 0 aliphatic heterocycles. The molecule has 0 radical (unpaired) electrons. The van der Waals surface area contributed by atoms with E-state index in [0.717, 1.165) is 29.1 Å². The largest absolute Gasteiger partial charge is 0.384 e. The third kappa shape index (κ3) is 2.93. The zero-order chi connectivity index (χ0) is 14.5. The Morgan fingerprint density at radius 2 is 2.10 bits per heavy atom. The Balaban J connectivity index is 2.50. The molecule has 0 fully saturated rings. The van der Waals surface area contributed by atoms with Gasteiger partial charge in [0.25, 0.3) is 0 Å². The average Bonchev–Trinajstić information content (AvgIpc) is 2.47. The van der Waals surface area contributed by atoms with Gasteiger partial charge in [0, 0.05) is 6.20 Å². The van der Waals surface area contributed by atoms with Gasteiger partial charge < -0.3 is 5.73 Å². The molecule has 104 valence electrons. The van der Waals surface area contributed by atoms with Gasteiger partial charge in [-0.1, -0.05) is 13.8 Å². The number of nitrogens with one attached hydrogen (secondary N) is 1. The van der Waals surface area contributed by atoms with Crippen molar-refractivity contribution in [1.82, 2.24) is 20.2 Å². The van der Waals surface area contributed by atoms with Crippen LogP contribution in [0.5, 0.6) is 0 Å². The van der Waals surface area contributed by atoms with Gasteiger partial charge in [-0.3, -0.25) is 5.41 Å². The standard InChI is InChI=1S/C13H16N6S/c1-3-8-9(4-2)18-19-13(11(8)12(14)15)20-10-5-6-16-7-17-10/h5-7H,3-4H2,1-2H3,(H3,14,15). The van der Waals surface area contributed by atoms with Crippen molar-refractivity contribution in [1.29, 1.82) is 5.41 Å². The summed E-state index contributed by atoms with van der Waals surface area (Å²) in [6.45, 7) is 4.05. The van der Waals surface area contributed by atoms with E-state index >= 15 is 0 Å². The van der Waals surface area contributed by atoms with Gasteiger partial charge in [0.15, 0.2) is 0 Å². The topological polar surface area (TPSA) is 101 Å². The van der Waals surface area contributed by atoms with Crippen LogP contribution in [-0.2, 0) is 12.8 Å². The third-order valence-corrected chi connectivity index (χ3v) is 3.77. The second kappa shape index (κ2) is 6.42. The van der Waals surface area contributed by atoms with E-state index < -0.39 is 0 Å². The van der Waals surface area contributed by atoms with Crippen LogP contribution >= 0.6 is 11.8 Å². The highest BCUT2D eigenvalue weighted by Crippen LogP contribution is 2.29. The van der Waals surface area contributed by atoms with Gasteiger partial charge in [-0.15, -0.1) is 5.10 Å². The molecule has 0 aromatic carbocycles. The minimum absolute atomic E-state index is 0.0167. The summed E-state index contributed by atoms with van der Waals surface area (Å²) in [6.07, 6.45) is 4.68. The Morgan fingerprint density at radius 1 is 1.30 bits per heavy atom. The predicted molar refractivity (Wildman–Crippen MR) is 78.0 cm³/mol. The molecule has 0 bridgehead atoms. The molecule has 2 aromatic heterocycles. The van der Waals surface area contributed by atoms with E-state index in [1.165, 1.54) is 18.1 Å². The van der Waals surface area contributed by atoms with Crippen LogP contribution in [0.25, 0.3) is 0 Å². The van der Waals surface area contributed by atoms with Crippen LogP contribution in [0.15, 0.2) is 28.6 Å². The van der Waals surface area contributed by atoms with E-state index in [4.69, 9.17) is 11.1 Å². The summed E-state index contributed by atoms with van der Waals surface area (Å²) in [7, 11) is 0. The summed E-state index contributed by atoms with van der Waals surface area (Å²) < 4.78 is 0. The van der Waals surface area contributed by atoms with Crippen molar-refractivity contribution in [2.24, 2.45) is 5.73 Å². The van der Waals surface area contributed by atoms with Crippen molar-refractivity contribution in [3.05, 3.63) is 35.4 Å². The smallest absolute Gasteiger partial charge is 0.136 e. The van der Waals surface area contributed by atoms with E-state index in [1.54, 1.807) is 12.3 Å². The Morgan fingerprint density at radius 3 is 2.65 bits per heavy atom. The lowest BCUT2D eigenvalue weighted by Gasteiger charge is -2.13. The summed E-state index contributed by atoms with van der Waals surface area (Å²) >= 11 is 1.35. The first kappa shape index (κ1) is 14.4. The molecule has 2 heterocycles. The molecule has 3 N–H and O–H groups in total. The van der Waals surface area contributed by atoms with E-state index in [9.17, 15) is 0 Å². The molecule has 6 nitrogen and oxygen atoms in total. The molecule has 0 aliphatic carbocycles. The first-order valence-electron chi connectivity index (χ1n) is 6.34. The lowest BCUT2D eigenvalue weighted by Crippen LogP contribution is -2.18. The summed E-state index contributed by atoms with van der Waals surface area (Å²) in [4.78, 5) is 8.02. The van der Waals surface area contributed by atoms with Crippen LogP contribution in [0.2, 0.25) is 0 Å². The zero-order valence-electron chi connectivity index (χ0n) is 11.4. The molecular formula is C13H16N6S. The van der Waals surface area contributed by atoms with Gasteiger partial charge in [0.05, 0.1) is 11.3 Å². The van der Waals surface area contributed by atoms with Crippen LogP contribution in [0.4, 0.5) is 0 Å². The number of hydrogen-bond acceptors (Lipinski definition) is 6. The van der Waals surface area contributed by atoms with Crippen molar-refractivity contribution in [2.45, 2.75) is 36.7 Å². The molecule has 0 unspecified atom stereocenters. The lowest BCUT2D eigenvalue weighted by molar-refractivity contribution is 0.818. The molecule has 20 heavy (non-hydrogen) atoms. The maximum atomic E-state index is 7.82. The Kier molecular flexibility index (Phi) is 4.62. The zero-order valence-corrected chi connectivity index (χ0v) is 12.2. The predicted octanol–water partition coefficient (Wildman–Crippen LogP) is 1.83. The summed E-state index contributed by atoms with van der Waals surface area (Å²) in [5.41, 5.74) is 8.29. The minimum atomic E-state index is 0.0167. The molecule has 7 heteroatoms. The van der Waals surface area contributed by atoms with Crippen LogP contribution in [-0.4, -0.2) is 26.0 Å². The maximum absolute atomic E-state index is 7.82. The molecule has 2 rings (SSSR count). The van der Waals surface area contributed by atoms with Gasteiger partial charge in [0.1, 0.15) is 22.2 Å². The molecular weight excluding hydrogens is 272 g/mol. The molecule has 0 atom stereocenters. The van der Waals surface area contributed by atoms with Gasteiger partial charge >= 0.3 is 0 Å². The fourth-order valence-electron chi connectivity index (χ4n) is 1.94. The average molecular weight is 288 g/mol. The number of nitrogens with zero attached hydrogens (tertiary/aromatic N) is 4. The van der Waals surface area contributed by atoms with Crippen LogP contribution < -0.4 is 5.73 Å². The van der Waals surface area contributed by atoms with Gasteiger partial charge in [0.2, 0.25) is 0 Å². The highest BCUT2D eigenvalue weighted by Gasteiger charge is 2.18. The molecule has 0 saturated carbocycles. The number of aromatic nitrogens is 4. The first-order valence-corrected chi connectivity index (χ1v) is 7.15. The summed E-state index contributed by atoms with van der Waals surface area (Å²) in [5, 5.41) is 17.6. The second-order valence-corrected chi connectivity index (χ2v) is 5.08. The SMILES string of the molecule is CCc1nnc(Sc2ccncn2)c(C(=N)N)c1CC. The van der Waals surface area contributed by atoms with E-state index in [1.807, 2.05) is 13.8 Å². The minimum Gasteiger partial charge on any atom is -0.384 e. The quantitative estimate of drug-likeness (QED) is 0.494. The molecule has 0 amide bonds. The first-order chi connectivity index (χ1) is 9.67. The monoisotopic (exact) mass is 288 g/mol. The maximum Gasteiger partial charge on any atom is 0.136 e. The van der Waals surface area contributed by atoms with Crippen molar-refractivity contribution in [3.63, 3.8) is 0 Å². The molecule has 0 saturated heterocycles. The molecule has 0 spiro atoms. The second-order valence-electron chi connectivity index (χ2n) is 4.08. The van der Waals surface area contributed by atoms with Gasteiger partial charge in [-0.25, -0.2) is 9.97 Å². The van der Waals surface area contributed by atoms with E-state index in [-0.39, 0.29) is 5.84 Å². The Hall–Kier alpha value is -2.02. The van der Waals surface area contributed by atoms with Crippen molar-refractivity contribution >= 4 is 17.6 Å². The van der Waals surface area contributed by atoms with E-state index in [2.05, 4.69) is 20.2 Å².